The maximum Gasteiger partial charge on any atom is 0.332 e. The first-order valence-electron chi connectivity index (χ1n) is 8.25. The highest BCUT2D eigenvalue weighted by Crippen LogP contribution is 2.53. The SMILES string of the molecule is O=C1C=C2C(C#Cc3cccs3)=C[C@@H]3C[C@@]2(O1)[C@H]1CCCCN31. The minimum absolute atomic E-state index is 0.197. The van der Waals surface area contributed by atoms with Crippen LogP contribution in [-0.2, 0) is 9.53 Å². The van der Waals surface area contributed by atoms with Gasteiger partial charge in [0.2, 0.25) is 0 Å². The molecular formula is C19H17NO2S. The second-order valence-electron chi connectivity index (χ2n) is 6.70. The number of hydrogen-bond donors (Lipinski definition) is 0. The van der Waals surface area contributed by atoms with Gasteiger partial charge in [0.05, 0.1) is 10.9 Å². The molecule has 0 N–H and O–H groups in total. The summed E-state index contributed by atoms with van der Waals surface area (Å²) in [7, 11) is 0. The molecule has 3 aliphatic heterocycles. The molecule has 1 spiro atoms. The van der Waals surface area contributed by atoms with Gasteiger partial charge in [-0.05, 0) is 30.8 Å². The Morgan fingerprint density at radius 1 is 1.35 bits per heavy atom. The molecule has 2 fully saturated rings. The lowest BCUT2D eigenvalue weighted by molar-refractivity contribution is -0.148. The molecule has 0 radical (unpaired) electrons. The Morgan fingerprint density at radius 3 is 3.17 bits per heavy atom. The fourth-order valence-corrected chi connectivity index (χ4v) is 5.22. The number of fused-ring (bicyclic) bond motifs is 3. The average Bonchev–Trinajstić information content (AvgIpc) is 3.24. The average molecular weight is 323 g/mol. The minimum atomic E-state index is -0.434. The molecule has 4 aliphatic rings. The number of esters is 1. The van der Waals surface area contributed by atoms with Crippen LogP contribution in [0.5, 0.6) is 0 Å². The number of hydrogen-bond acceptors (Lipinski definition) is 4. The van der Waals surface area contributed by atoms with Crippen molar-refractivity contribution < 1.29 is 9.53 Å². The highest BCUT2D eigenvalue weighted by Gasteiger charge is 2.61. The van der Waals surface area contributed by atoms with Crippen molar-refractivity contribution in [2.24, 2.45) is 0 Å². The molecule has 2 bridgehead atoms. The summed E-state index contributed by atoms with van der Waals surface area (Å²) in [5.41, 5.74) is 1.59. The van der Waals surface area contributed by atoms with Crippen molar-refractivity contribution >= 4 is 17.3 Å². The summed E-state index contributed by atoms with van der Waals surface area (Å²) < 4.78 is 5.90. The summed E-state index contributed by atoms with van der Waals surface area (Å²) in [4.78, 5) is 15.6. The molecule has 1 aliphatic carbocycles. The minimum Gasteiger partial charge on any atom is -0.449 e. The predicted octanol–water partition coefficient (Wildman–Crippen LogP) is 2.89. The van der Waals surface area contributed by atoms with Crippen LogP contribution in [0.1, 0.15) is 30.6 Å². The normalized spacial score (nSPS) is 34.7. The van der Waals surface area contributed by atoms with Crippen LogP contribution in [0.2, 0.25) is 0 Å². The lowest BCUT2D eigenvalue weighted by Gasteiger charge is -2.38. The van der Waals surface area contributed by atoms with Gasteiger partial charge in [0, 0.05) is 29.7 Å². The number of ether oxygens (including phenoxy) is 1. The van der Waals surface area contributed by atoms with Gasteiger partial charge < -0.3 is 4.74 Å². The van der Waals surface area contributed by atoms with E-state index in [1.54, 1.807) is 17.4 Å². The van der Waals surface area contributed by atoms with Crippen molar-refractivity contribution in [2.45, 2.75) is 43.4 Å². The molecule has 0 unspecified atom stereocenters. The summed E-state index contributed by atoms with van der Waals surface area (Å²) in [6, 6.07) is 4.73. The van der Waals surface area contributed by atoms with E-state index < -0.39 is 5.60 Å². The van der Waals surface area contributed by atoms with Crippen molar-refractivity contribution in [3.05, 3.63) is 45.7 Å². The van der Waals surface area contributed by atoms with E-state index in [1.165, 1.54) is 12.8 Å². The van der Waals surface area contributed by atoms with Crippen LogP contribution in [-0.4, -0.2) is 35.1 Å². The van der Waals surface area contributed by atoms with Crippen LogP contribution in [0.15, 0.2) is 40.8 Å². The molecule has 0 amide bonds. The molecule has 1 aromatic rings. The Labute approximate surface area is 139 Å². The Kier molecular flexibility index (Phi) is 2.86. The third kappa shape index (κ3) is 1.90. The quantitative estimate of drug-likeness (QED) is 0.543. The van der Waals surface area contributed by atoms with Crippen molar-refractivity contribution in [1.82, 2.24) is 4.90 Å². The number of nitrogens with zero attached hydrogens (tertiary/aromatic N) is 1. The first-order chi connectivity index (χ1) is 11.3. The number of carbonyl (C=O) groups is 1. The van der Waals surface area contributed by atoms with Crippen LogP contribution >= 0.6 is 11.3 Å². The molecule has 3 nitrogen and oxygen atoms in total. The van der Waals surface area contributed by atoms with Crippen LogP contribution < -0.4 is 0 Å². The van der Waals surface area contributed by atoms with Crippen molar-refractivity contribution in [1.29, 1.82) is 0 Å². The Balaban J connectivity index is 1.60. The van der Waals surface area contributed by atoms with Gasteiger partial charge >= 0.3 is 5.97 Å². The number of carbonyl (C=O) groups excluding carboxylic acids is 1. The molecule has 0 aromatic carbocycles. The maximum atomic E-state index is 12.1. The first-order valence-corrected chi connectivity index (χ1v) is 9.13. The fraction of sp³-hybridized carbons (Fsp3) is 0.421. The molecular weight excluding hydrogens is 306 g/mol. The van der Waals surface area contributed by atoms with Crippen LogP contribution in [0.25, 0.3) is 0 Å². The number of rotatable bonds is 0. The summed E-state index contributed by atoms with van der Waals surface area (Å²) in [6.45, 7) is 1.10. The zero-order valence-electron chi connectivity index (χ0n) is 12.7. The van der Waals surface area contributed by atoms with Crippen molar-refractivity contribution in [2.75, 3.05) is 6.54 Å². The highest BCUT2D eigenvalue weighted by molar-refractivity contribution is 7.10. The number of piperidine rings is 1. The van der Waals surface area contributed by atoms with Crippen LogP contribution in [0, 0.1) is 11.8 Å². The monoisotopic (exact) mass is 323 g/mol. The summed E-state index contributed by atoms with van der Waals surface area (Å²) >= 11 is 1.64. The first kappa shape index (κ1) is 13.6. The Hall–Kier alpha value is -1.83. The van der Waals surface area contributed by atoms with E-state index in [0.29, 0.717) is 12.1 Å². The number of thiophene rings is 1. The van der Waals surface area contributed by atoms with Gasteiger partial charge in [0.15, 0.2) is 5.60 Å². The van der Waals surface area contributed by atoms with E-state index in [1.807, 2.05) is 17.5 Å². The molecule has 4 heteroatoms. The van der Waals surface area contributed by atoms with Gasteiger partial charge in [-0.3, -0.25) is 4.90 Å². The molecule has 2 saturated heterocycles. The standard InChI is InChI=1S/C19H17NO2S/c21-18-11-16-13(6-7-15-4-3-9-23-15)10-14-12-19(16,22-18)17-5-1-2-8-20(14)17/h3-4,9-11,14,17H,1-2,5,8,12H2/t14-,17-,19+/m1/s1. The van der Waals surface area contributed by atoms with E-state index >= 15 is 0 Å². The lowest BCUT2D eigenvalue weighted by Crippen LogP contribution is -2.48. The molecule has 23 heavy (non-hydrogen) atoms. The lowest BCUT2D eigenvalue weighted by atomic mass is 9.77. The molecule has 0 saturated carbocycles. The van der Waals surface area contributed by atoms with Crippen molar-refractivity contribution in [3.63, 3.8) is 0 Å². The van der Waals surface area contributed by atoms with E-state index in [9.17, 15) is 4.79 Å². The summed E-state index contributed by atoms with van der Waals surface area (Å²) in [6.07, 6.45) is 8.41. The van der Waals surface area contributed by atoms with Gasteiger partial charge in [0.1, 0.15) is 0 Å². The van der Waals surface area contributed by atoms with Crippen LogP contribution in [0.4, 0.5) is 0 Å². The maximum absolute atomic E-state index is 12.1. The Morgan fingerprint density at radius 2 is 2.30 bits per heavy atom. The predicted molar refractivity (Wildman–Crippen MR) is 88.9 cm³/mol. The van der Waals surface area contributed by atoms with Gasteiger partial charge in [0.25, 0.3) is 0 Å². The van der Waals surface area contributed by atoms with Gasteiger partial charge in [-0.15, -0.1) is 11.3 Å². The molecule has 4 heterocycles. The zero-order chi connectivity index (χ0) is 15.4. The molecule has 3 atom stereocenters. The van der Waals surface area contributed by atoms with Gasteiger partial charge in [-0.2, -0.15) is 0 Å². The second-order valence-corrected chi connectivity index (χ2v) is 7.64. The van der Waals surface area contributed by atoms with E-state index in [-0.39, 0.29) is 5.97 Å². The third-order valence-electron chi connectivity index (χ3n) is 5.51. The molecule has 116 valence electrons. The smallest absolute Gasteiger partial charge is 0.332 e. The highest BCUT2D eigenvalue weighted by atomic mass is 32.1. The molecule has 5 rings (SSSR count). The zero-order valence-corrected chi connectivity index (χ0v) is 13.6. The fourth-order valence-electron chi connectivity index (χ4n) is 4.65. The topological polar surface area (TPSA) is 29.5 Å². The van der Waals surface area contributed by atoms with E-state index in [0.717, 1.165) is 35.4 Å². The van der Waals surface area contributed by atoms with Gasteiger partial charge in [-0.1, -0.05) is 30.4 Å². The molecule has 1 aromatic heterocycles. The second kappa shape index (κ2) is 4.83. The summed E-state index contributed by atoms with van der Waals surface area (Å²) in [5.74, 6) is 6.36. The van der Waals surface area contributed by atoms with Gasteiger partial charge in [-0.25, -0.2) is 4.79 Å². The van der Waals surface area contributed by atoms with E-state index in [2.05, 4.69) is 22.8 Å². The van der Waals surface area contributed by atoms with Crippen molar-refractivity contribution in [3.8, 4) is 11.8 Å². The Bertz CT molecular complexity index is 795. The van der Waals surface area contributed by atoms with Crippen LogP contribution in [0.3, 0.4) is 0 Å². The van der Waals surface area contributed by atoms with E-state index in [4.69, 9.17) is 4.74 Å². The summed E-state index contributed by atoms with van der Waals surface area (Å²) in [5, 5.41) is 2.03. The largest absolute Gasteiger partial charge is 0.449 e. The third-order valence-corrected chi connectivity index (χ3v) is 6.30.